The first kappa shape index (κ1) is 13.8. The van der Waals surface area contributed by atoms with Crippen LogP contribution in [-0.2, 0) is 4.79 Å². The highest BCUT2D eigenvalue weighted by molar-refractivity contribution is 5.85. The molecule has 1 aromatic rings. The number of nitrogens with one attached hydrogen (secondary N) is 1. The summed E-state index contributed by atoms with van der Waals surface area (Å²) in [6.07, 6.45) is 0. The van der Waals surface area contributed by atoms with Crippen molar-refractivity contribution >= 4 is 17.3 Å². The van der Waals surface area contributed by atoms with E-state index in [2.05, 4.69) is 5.32 Å². The summed E-state index contributed by atoms with van der Waals surface area (Å²) in [5.41, 5.74) is 5.74. The number of nitriles is 1. The van der Waals surface area contributed by atoms with Gasteiger partial charge in [-0.15, -0.1) is 0 Å². The average molecular weight is 275 g/mol. The second-order valence-electron chi connectivity index (χ2n) is 4.39. The third-order valence-corrected chi connectivity index (χ3v) is 3.18. The minimum atomic E-state index is -0.670. The molecule has 0 aromatic heterocycles. The number of nitrogens with two attached hydrogens (primary N) is 1. The number of rotatable bonds is 3. The SMILES string of the molecule is N#Cc1ccc([N+](=O)[O-])c(N2CCNCC2C(N)=O)c1. The van der Waals surface area contributed by atoms with Crippen molar-refractivity contribution in [2.24, 2.45) is 5.73 Å². The molecule has 20 heavy (non-hydrogen) atoms. The highest BCUT2D eigenvalue weighted by atomic mass is 16.6. The standard InChI is InChI=1S/C12H13N5O3/c13-6-8-1-2-9(17(19)20)10(5-8)16-4-3-15-7-11(16)12(14)18/h1-2,5,11,15H,3-4,7H2,(H2,14,18). The molecule has 0 aliphatic carbocycles. The summed E-state index contributed by atoms with van der Waals surface area (Å²) in [7, 11) is 0. The smallest absolute Gasteiger partial charge is 0.292 e. The maximum atomic E-state index is 11.5. The number of anilines is 1. The van der Waals surface area contributed by atoms with E-state index in [0.717, 1.165) is 0 Å². The van der Waals surface area contributed by atoms with Crippen molar-refractivity contribution in [1.82, 2.24) is 5.32 Å². The number of hydrogen-bond donors (Lipinski definition) is 2. The van der Waals surface area contributed by atoms with Crippen LogP contribution in [0.15, 0.2) is 18.2 Å². The molecule has 2 rings (SSSR count). The van der Waals surface area contributed by atoms with Gasteiger partial charge in [-0.2, -0.15) is 5.26 Å². The number of amides is 1. The Bertz CT molecular complexity index is 595. The zero-order valence-electron chi connectivity index (χ0n) is 10.6. The van der Waals surface area contributed by atoms with Gasteiger partial charge in [0.25, 0.3) is 5.69 Å². The molecular formula is C12H13N5O3. The van der Waals surface area contributed by atoms with Crippen LogP contribution in [0.4, 0.5) is 11.4 Å². The van der Waals surface area contributed by atoms with Gasteiger partial charge in [0.05, 0.1) is 16.6 Å². The first-order valence-electron chi connectivity index (χ1n) is 6.00. The van der Waals surface area contributed by atoms with Gasteiger partial charge in [0.15, 0.2) is 0 Å². The maximum Gasteiger partial charge on any atom is 0.292 e. The topological polar surface area (TPSA) is 125 Å². The number of hydrogen-bond acceptors (Lipinski definition) is 6. The molecule has 8 heteroatoms. The van der Waals surface area contributed by atoms with Gasteiger partial charge in [0.2, 0.25) is 5.91 Å². The predicted octanol–water partition coefficient (Wildman–Crippen LogP) is -0.270. The van der Waals surface area contributed by atoms with Crippen LogP contribution in [0.3, 0.4) is 0 Å². The second kappa shape index (κ2) is 5.54. The lowest BCUT2D eigenvalue weighted by Crippen LogP contribution is -2.57. The first-order valence-corrected chi connectivity index (χ1v) is 6.00. The molecule has 3 N–H and O–H groups in total. The minimum Gasteiger partial charge on any atom is -0.368 e. The number of nitro benzene ring substituents is 1. The lowest BCUT2D eigenvalue weighted by Gasteiger charge is -2.35. The summed E-state index contributed by atoms with van der Waals surface area (Å²) in [5, 5.41) is 23.0. The van der Waals surface area contributed by atoms with Crippen LogP contribution < -0.4 is 16.0 Å². The third-order valence-electron chi connectivity index (χ3n) is 3.18. The molecule has 1 atom stereocenters. The van der Waals surface area contributed by atoms with Crippen LogP contribution in [-0.4, -0.2) is 36.5 Å². The highest BCUT2D eigenvalue weighted by Crippen LogP contribution is 2.31. The van der Waals surface area contributed by atoms with Gasteiger partial charge >= 0.3 is 0 Å². The number of primary amides is 1. The number of benzene rings is 1. The number of carbonyl (C=O) groups is 1. The van der Waals surface area contributed by atoms with E-state index < -0.39 is 16.9 Å². The van der Waals surface area contributed by atoms with Crippen LogP contribution in [0.25, 0.3) is 0 Å². The van der Waals surface area contributed by atoms with E-state index >= 15 is 0 Å². The fourth-order valence-corrected chi connectivity index (χ4v) is 2.22. The van der Waals surface area contributed by atoms with Crippen LogP contribution >= 0.6 is 0 Å². The van der Waals surface area contributed by atoms with Crippen molar-refractivity contribution < 1.29 is 9.72 Å². The van der Waals surface area contributed by atoms with Crippen LogP contribution in [0.5, 0.6) is 0 Å². The van der Waals surface area contributed by atoms with Crippen molar-refractivity contribution in [3.05, 3.63) is 33.9 Å². The summed E-state index contributed by atoms with van der Waals surface area (Å²) in [6.45, 7) is 1.31. The quantitative estimate of drug-likeness (QED) is 0.577. The molecule has 1 amide bonds. The van der Waals surface area contributed by atoms with Crippen molar-refractivity contribution in [3.63, 3.8) is 0 Å². The first-order chi connectivity index (χ1) is 9.54. The van der Waals surface area contributed by atoms with Crippen LogP contribution in [0.1, 0.15) is 5.56 Å². The van der Waals surface area contributed by atoms with Crippen LogP contribution in [0, 0.1) is 21.4 Å². The fraction of sp³-hybridized carbons (Fsp3) is 0.333. The molecular weight excluding hydrogens is 262 g/mol. The molecule has 104 valence electrons. The summed E-state index contributed by atoms with van der Waals surface area (Å²) in [5.74, 6) is -0.561. The fourth-order valence-electron chi connectivity index (χ4n) is 2.22. The van der Waals surface area contributed by atoms with Crippen molar-refractivity contribution in [2.75, 3.05) is 24.5 Å². The van der Waals surface area contributed by atoms with Gasteiger partial charge in [0.1, 0.15) is 11.7 Å². The van der Waals surface area contributed by atoms with Gasteiger partial charge in [-0.3, -0.25) is 14.9 Å². The Labute approximate surface area is 114 Å². The molecule has 0 radical (unpaired) electrons. The van der Waals surface area contributed by atoms with Gasteiger partial charge in [-0.05, 0) is 12.1 Å². The van der Waals surface area contributed by atoms with Gasteiger partial charge in [-0.25, -0.2) is 0 Å². The number of piperazine rings is 1. The lowest BCUT2D eigenvalue weighted by molar-refractivity contribution is -0.384. The van der Waals surface area contributed by atoms with E-state index in [4.69, 9.17) is 11.0 Å². The van der Waals surface area contributed by atoms with E-state index in [1.54, 1.807) is 4.90 Å². The lowest BCUT2D eigenvalue weighted by atomic mass is 10.1. The van der Waals surface area contributed by atoms with Gasteiger partial charge in [-0.1, -0.05) is 0 Å². The molecule has 1 aliphatic rings. The van der Waals surface area contributed by atoms with E-state index in [1.807, 2.05) is 6.07 Å². The molecule has 1 aromatic carbocycles. The van der Waals surface area contributed by atoms with Crippen molar-refractivity contribution in [3.8, 4) is 6.07 Å². The van der Waals surface area contributed by atoms with Crippen LogP contribution in [0.2, 0.25) is 0 Å². The second-order valence-corrected chi connectivity index (χ2v) is 4.39. The molecule has 1 aliphatic heterocycles. The molecule has 1 unspecified atom stereocenters. The van der Waals surface area contributed by atoms with E-state index in [9.17, 15) is 14.9 Å². The van der Waals surface area contributed by atoms with Gasteiger partial charge < -0.3 is 16.0 Å². The molecule has 1 fully saturated rings. The van der Waals surface area contributed by atoms with Gasteiger partial charge in [0, 0.05) is 25.7 Å². The Kier molecular flexibility index (Phi) is 3.81. The Morgan fingerprint density at radius 2 is 2.35 bits per heavy atom. The third kappa shape index (κ3) is 2.53. The zero-order valence-corrected chi connectivity index (χ0v) is 10.6. The van der Waals surface area contributed by atoms with E-state index in [1.165, 1.54) is 18.2 Å². The van der Waals surface area contributed by atoms with Crippen molar-refractivity contribution in [2.45, 2.75) is 6.04 Å². The molecule has 1 heterocycles. The zero-order chi connectivity index (χ0) is 14.7. The molecule has 8 nitrogen and oxygen atoms in total. The Balaban J connectivity index is 2.50. The molecule has 1 saturated heterocycles. The number of carbonyl (C=O) groups excluding carboxylic acids is 1. The summed E-state index contributed by atoms with van der Waals surface area (Å²) < 4.78 is 0. The normalized spacial score (nSPS) is 18.4. The maximum absolute atomic E-state index is 11.5. The minimum absolute atomic E-state index is 0.142. The van der Waals surface area contributed by atoms with Crippen molar-refractivity contribution in [1.29, 1.82) is 5.26 Å². The highest BCUT2D eigenvalue weighted by Gasteiger charge is 2.31. The average Bonchev–Trinajstić information content (AvgIpc) is 2.46. The molecule has 0 spiro atoms. The van der Waals surface area contributed by atoms with E-state index in [-0.39, 0.29) is 11.4 Å². The Morgan fingerprint density at radius 1 is 1.60 bits per heavy atom. The Morgan fingerprint density at radius 3 is 2.95 bits per heavy atom. The largest absolute Gasteiger partial charge is 0.368 e. The monoisotopic (exact) mass is 275 g/mol. The molecule has 0 bridgehead atoms. The number of nitro groups is 1. The predicted molar refractivity (Wildman–Crippen MR) is 71.0 cm³/mol. The number of nitrogens with zero attached hydrogens (tertiary/aromatic N) is 3. The summed E-state index contributed by atoms with van der Waals surface area (Å²) >= 11 is 0. The Hall–Kier alpha value is -2.66. The molecule has 0 saturated carbocycles. The van der Waals surface area contributed by atoms with E-state index in [0.29, 0.717) is 25.2 Å². The summed E-state index contributed by atoms with van der Waals surface area (Å²) in [4.78, 5) is 23.6. The summed E-state index contributed by atoms with van der Waals surface area (Å²) in [6, 6.07) is 5.33.